The lowest BCUT2D eigenvalue weighted by Gasteiger charge is -2.22. The smallest absolute Gasteiger partial charge is 0.0677 e. The zero-order chi connectivity index (χ0) is 12.1. The van der Waals surface area contributed by atoms with Gasteiger partial charge in [0.2, 0.25) is 0 Å². The van der Waals surface area contributed by atoms with E-state index < -0.39 is 0 Å². The highest BCUT2D eigenvalue weighted by atomic mass is 127. The molecule has 1 aromatic carbocycles. The Morgan fingerprint density at radius 2 is 2.06 bits per heavy atom. The van der Waals surface area contributed by atoms with Crippen LogP contribution in [0.3, 0.4) is 0 Å². The monoisotopic (exact) mass is 340 g/mol. The molecule has 0 aromatic heterocycles. The number of hydrogen-bond donors (Lipinski definition) is 1. The van der Waals surface area contributed by atoms with Gasteiger partial charge in [-0.15, -0.1) is 0 Å². The SMILES string of the molecule is N#CC1CCCCCC1Nc1cccc(I)c1. The fraction of sp³-hybridized carbons (Fsp3) is 0.500. The van der Waals surface area contributed by atoms with Gasteiger partial charge in [-0.1, -0.05) is 25.3 Å². The van der Waals surface area contributed by atoms with E-state index in [0.717, 1.165) is 18.5 Å². The third-order valence-electron chi connectivity index (χ3n) is 3.36. The molecule has 3 heteroatoms. The molecule has 1 aliphatic rings. The van der Waals surface area contributed by atoms with Crippen LogP contribution in [0.15, 0.2) is 24.3 Å². The molecule has 90 valence electrons. The number of hydrogen-bond acceptors (Lipinski definition) is 2. The summed E-state index contributed by atoms with van der Waals surface area (Å²) in [5.41, 5.74) is 1.14. The minimum Gasteiger partial charge on any atom is -0.381 e. The lowest BCUT2D eigenvalue weighted by Crippen LogP contribution is -2.27. The van der Waals surface area contributed by atoms with E-state index in [1.165, 1.54) is 22.8 Å². The van der Waals surface area contributed by atoms with E-state index in [1.54, 1.807) is 0 Å². The Morgan fingerprint density at radius 1 is 1.24 bits per heavy atom. The molecule has 0 amide bonds. The van der Waals surface area contributed by atoms with Crippen molar-refractivity contribution in [3.05, 3.63) is 27.8 Å². The molecule has 1 aliphatic carbocycles. The largest absolute Gasteiger partial charge is 0.381 e. The molecule has 0 bridgehead atoms. The highest BCUT2D eigenvalue weighted by Gasteiger charge is 2.23. The maximum Gasteiger partial charge on any atom is 0.0677 e. The highest BCUT2D eigenvalue weighted by Crippen LogP contribution is 2.26. The summed E-state index contributed by atoms with van der Waals surface area (Å²) in [5.74, 6) is 0.162. The normalized spacial score (nSPS) is 24.7. The van der Waals surface area contributed by atoms with Gasteiger partial charge >= 0.3 is 0 Å². The van der Waals surface area contributed by atoms with Gasteiger partial charge in [0, 0.05) is 15.3 Å². The molecule has 2 rings (SSSR count). The van der Waals surface area contributed by atoms with E-state index in [9.17, 15) is 5.26 Å². The molecular formula is C14H17IN2. The predicted molar refractivity (Wildman–Crippen MR) is 78.8 cm³/mol. The number of nitrogens with one attached hydrogen (secondary N) is 1. The lowest BCUT2D eigenvalue weighted by atomic mass is 9.96. The van der Waals surface area contributed by atoms with Gasteiger partial charge < -0.3 is 5.32 Å². The molecule has 1 fully saturated rings. The summed E-state index contributed by atoms with van der Waals surface area (Å²) in [6.07, 6.45) is 5.85. The molecule has 0 heterocycles. The first kappa shape index (κ1) is 12.7. The minimum atomic E-state index is 0.162. The maximum absolute atomic E-state index is 9.23. The number of benzene rings is 1. The van der Waals surface area contributed by atoms with E-state index in [2.05, 4.69) is 58.2 Å². The van der Waals surface area contributed by atoms with Gasteiger partial charge in [-0.05, 0) is 53.6 Å². The molecule has 1 saturated carbocycles. The van der Waals surface area contributed by atoms with E-state index in [1.807, 2.05) is 0 Å². The average Bonchev–Trinajstić information content (AvgIpc) is 2.54. The van der Waals surface area contributed by atoms with Crippen LogP contribution in [0.1, 0.15) is 32.1 Å². The molecule has 0 spiro atoms. The first-order chi connectivity index (χ1) is 8.29. The third-order valence-corrected chi connectivity index (χ3v) is 4.03. The maximum atomic E-state index is 9.23. The Bertz CT molecular complexity index is 411. The summed E-state index contributed by atoms with van der Waals surface area (Å²) in [6.45, 7) is 0. The molecular weight excluding hydrogens is 323 g/mol. The molecule has 1 aromatic rings. The van der Waals surface area contributed by atoms with Crippen LogP contribution in [0.25, 0.3) is 0 Å². The molecule has 17 heavy (non-hydrogen) atoms. The summed E-state index contributed by atoms with van der Waals surface area (Å²) >= 11 is 2.32. The van der Waals surface area contributed by atoms with Crippen molar-refractivity contribution in [1.82, 2.24) is 0 Å². The van der Waals surface area contributed by atoms with E-state index >= 15 is 0 Å². The Hall–Kier alpha value is -0.760. The fourth-order valence-electron chi connectivity index (χ4n) is 2.43. The van der Waals surface area contributed by atoms with Crippen LogP contribution in [-0.2, 0) is 0 Å². The summed E-state index contributed by atoms with van der Waals surface area (Å²) in [5, 5.41) is 12.8. The van der Waals surface area contributed by atoms with Crippen LogP contribution in [0, 0.1) is 20.8 Å². The van der Waals surface area contributed by atoms with E-state index in [4.69, 9.17) is 0 Å². The van der Waals surface area contributed by atoms with Crippen molar-refractivity contribution in [1.29, 1.82) is 5.26 Å². The molecule has 0 saturated heterocycles. The van der Waals surface area contributed by atoms with Gasteiger partial charge in [-0.25, -0.2) is 0 Å². The van der Waals surface area contributed by atoms with Crippen molar-refractivity contribution in [2.75, 3.05) is 5.32 Å². The summed E-state index contributed by atoms with van der Waals surface area (Å²) in [7, 11) is 0. The second-order valence-corrected chi connectivity index (χ2v) is 5.88. The third kappa shape index (κ3) is 3.60. The summed E-state index contributed by atoms with van der Waals surface area (Å²) in [4.78, 5) is 0. The average molecular weight is 340 g/mol. The van der Waals surface area contributed by atoms with Gasteiger partial charge in [-0.2, -0.15) is 5.26 Å². The Kier molecular flexibility index (Phi) is 4.66. The second kappa shape index (κ2) is 6.25. The van der Waals surface area contributed by atoms with E-state index in [-0.39, 0.29) is 5.92 Å². The van der Waals surface area contributed by atoms with Crippen molar-refractivity contribution >= 4 is 28.3 Å². The quantitative estimate of drug-likeness (QED) is 0.648. The van der Waals surface area contributed by atoms with Crippen LogP contribution in [-0.4, -0.2) is 6.04 Å². The zero-order valence-electron chi connectivity index (χ0n) is 9.82. The van der Waals surface area contributed by atoms with Crippen LogP contribution in [0.5, 0.6) is 0 Å². The van der Waals surface area contributed by atoms with Gasteiger partial charge in [0.25, 0.3) is 0 Å². The van der Waals surface area contributed by atoms with E-state index in [0.29, 0.717) is 6.04 Å². The molecule has 2 unspecified atom stereocenters. The molecule has 1 N–H and O–H groups in total. The molecule has 0 aliphatic heterocycles. The highest BCUT2D eigenvalue weighted by molar-refractivity contribution is 14.1. The van der Waals surface area contributed by atoms with Crippen LogP contribution < -0.4 is 5.32 Å². The van der Waals surface area contributed by atoms with Crippen LogP contribution >= 0.6 is 22.6 Å². The predicted octanol–water partition coefficient (Wildman–Crippen LogP) is 4.18. The minimum absolute atomic E-state index is 0.162. The Labute approximate surface area is 117 Å². The number of rotatable bonds is 2. The standard InChI is InChI=1S/C14H17IN2/c15-12-6-4-7-13(9-12)17-14-8-3-1-2-5-11(14)10-16/h4,6-7,9,11,14,17H,1-3,5,8H2. The fourth-order valence-corrected chi connectivity index (χ4v) is 2.97. The number of nitrogens with zero attached hydrogens (tertiary/aromatic N) is 1. The van der Waals surface area contributed by atoms with Gasteiger partial charge in [0.05, 0.1) is 12.0 Å². The molecule has 0 radical (unpaired) electrons. The molecule has 2 atom stereocenters. The van der Waals surface area contributed by atoms with Crippen LogP contribution in [0.2, 0.25) is 0 Å². The first-order valence-corrected chi connectivity index (χ1v) is 7.29. The topological polar surface area (TPSA) is 35.8 Å². The van der Waals surface area contributed by atoms with Crippen molar-refractivity contribution in [2.45, 2.75) is 38.1 Å². The summed E-state index contributed by atoms with van der Waals surface area (Å²) < 4.78 is 1.23. The van der Waals surface area contributed by atoms with Gasteiger partial charge in [0.1, 0.15) is 0 Å². The second-order valence-electron chi connectivity index (χ2n) is 4.63. The molecule has 2 nitrogen and oxygen atoms in total. The number of nitriles is 1. The van der Waals surface area contributed by atoms with Crippen molar-refractivity contribution in [3.8, 4) is 6.07 Å². The number of anilines is 1. The van der Waals surface area contributed by atoms with Crippen molar-refractivity contribution in [3.63, 3.8) is 0 Å². The van der Waals surface area contributed by atoms with Gasteiger partial charge in [0.15, 0.2) is 0 Å². The number of halogens is 1. The first-order valence-electron chi connectivity index (χ1n) is 6.21. The zero-order valence-corrected chi connectivity index (χ0v) is 12.0. The summed E-state index contributed by atoms with van der Waals surface area (Å²) in [6, 6.07) is 11.1. The lowest BCUT2D eigenvalue weighted by molar-refractivity contribution is 0.514. The van der Waals surface area contributed by atoms with Crippen molar-refractivity contribution in [2.24, 2.45) is 5.92 Å². The van der Waals surface area contributed by atoms with Crippen molar-refractivity contribution < 1.29 is 0 Å². The van der Waals surface area contributed by atoms with Gasteiger partial charge in [-0.3, -0.25) is 0 Å². The Balaban J connectivity index is 2.07. The Morgan fingerprint density at radius 3 is 2.82 bits per heavy atom. The van der Waals surface area contributed by atoms with Crippen LogP contribution in [0.4, 0.5) is 5.69 Å².